The van der Waals surface area contributed by atoms with Crippen molar-refractivity contribution in [3.63, 3.8) is 0 Å². The normalized spacial score (nSPS) is 20.0. The van der Waals surface area contributed by atoms with E-state index >= 15 is 0 Å². The Kier molecular flexibility index (Phi) is 5.25. The van der Waals surface area contributed by atoms with Gasteiger partial charge in [0.05, 0.1) is 24.2 Å². The predicted octanol–water partition coefficient (Wildman–Crippen LogP) is 2.57. The first-order chi connectivity index (χ1) is 9.89. The molecule has 1 aromatic rings. The molecule has 4 nitrogen and oxygen atoms in total. The van der Waals surface area contributed by atoms with Gasteiger partial charge in [0.2, 0.25) is 5.91 Å². The third-order valence-corrected chi connectivity index (χ3v) is 4.35. The zero-order valence-corrected chi connectivity index (χ0v) is 12.9. The van der Waals surface area contributed by atoms with E-state index in [0.717, 1.165) is 12.8 Å². The van der Waals surface area contributed by atoms with Gasteiger partial charge in [0, 0.05) is 5.02 Å². The Bertz CT molecular complexity index is 483. The highest BCUT2D eigenvalue weighted by Crippen LogP contribution is 2.32. The Labute approximate surface area is 130 Å². The van der Waals surface area contributed by atoms with Crippen LogP contribution in [0.15, 0.2) is 24.3 Å². The summed E-state index contributed by atoms with van der Waals surface area (Å²) >= 11 is 5.81. The maximum Gasteiger partial charge on any atom is 0.223 e. The molecule has 2 unspecified atom stereocenters. The molecule has 1 fully saturated rings. The maximum absolute atomic E-state index is 12.0. The van der Waals surface area contributed by atoms with E-state index < -0.39 is 17.7 Å². The number of carbonyl (C=O) groups is 1. The van der Waals surface area contributed by atoms with Gasteiger partial charge in [-0.15, -0.1) is 0 Å². The average Bonchev–Trinajstić information content (AvgIpc) is 2.84. The van der Waals surface area contributed by atoms with Crippen LogP contribution >= 0.6 is 11.6 Å². The number of hydrogen-bond acceptors (Lipinski definition) is 3. The topological polar surface area (TPSA) is 69.6 Å². The highest BCUT2D eigenvalue weighted by atomic mass is 35.5. The van der Waals surface area contributed by atoms with Gasteiger partial charge in [-0.1, -0.05) is 36.6 Å². The van der Waals surface area contributed by atoms with Crippen LogP contribution in [0.4, 0.5) is 0 Å². The van der Waals surface area contributed by atoms with Gasteiger partial charge in [-0.2, -0.15) is 0 Å². The molecule has 0 spiro atoms. The quantitative estimate of drug-likeness (QED) is 0.783. The standard InChI is InChI=1S/C16H22ClNO3/c1-11(15(20)12-4-6-13(17)7-5-12)18-14(19)10-16(21)8-2-3-9-16/h4-7,11,15,20-21H,2-3,8-10H2,1H3,(H,18,19). The van der Waals surface area contributed by atoms with E-state index in [1.165, 1.54) is 0 Å². The molecule has 0 heterocycles. The van der Waals surface area contributed by atoms with E-state index in [1.807, 2.05) is 0 Å². The van der Waals surface area contributed by atoms with Crippen LogP contribution < -0.4 is 5.32 Å². The smallest absolute Gasteiger partial charge is 0.223 e. The molecule has 0 bridgehead atoms. The van der Waals surface area contributed by atoms with Gasteiger partial charge >= 0.3 is 0 Å². The summed E-state index contributed by atoms with van der Waals surface area (Å²) in [4.78, 5) is 12.0. The molecular weight excluding hydrogens is 290 g/mol. The average molecular weight is 312 g/mol. The molecule has 116 valence electrons. The second-order valence-electron chi connectivity index (χ2n) is 5.96. The van der Waals surface area contributed by atoms with E-state index in [1.54, 1.807) is 31.2 Å². The molecule has 0 aliphatic heterocycles. The van der Waals surface area contributed by atoms with Crippen LogP contribution in [0.5, 0.6) is 0 Å². The summed E-state index contributed by atoms with van der Waals surface area (Å²) in [6, 6.07) is 6.45. The van der Waals surface area contributed by atoms with Crippen molar-refractivity contribution < 1.29 is 15.0 Å². The second kappa shape index (κ2) is 6.77. The van der Waals surface area contributed by atoms with Gasteiger partial charge in [0.1, 0.15) is 0 Å². The monoisotopic (exact) mass is 311 g/mol. The second-order valence-corrected chi connectivity index (χ2v) is 6.40. The van der Waals surface area contributed by atoms with E-state index in [-0.39, 0.29) is 12.3 Å². The Morgan fingerprint density at radius 2 is 1.90 bits per heavy atom. The summed E-state index contributed by atoms with van der Waals surface area (Å²) in [6.45, 7) is 1.75. The van der Waals surface area contributed by atoms with Gasteiger partial charge < -0.3 is 15.5 Å². The zero-order chi connectivity index (χ0) is 15.5. The van der Waals surface area contributed by atoms with Gasteiger partial charge in [0.25, 0.3) is 0 Å². The summed E-state index contributed by atoms with van der Waals surface area (Å²) in [5.74, 6) is -0.222. The molecule has 1 aliphatic rings. The number of rotatable bonds is 5. The summed E-state index contributed by atoms with van der Waals surface area (Å²) in [5.41, 5.74) is -0.165. The zero-order valence-electron chi connectivity index (χ0n) is 12.2. The van der Waals surface area contributed by atoms with Crippen molar-refractivity contribution in [1.29, 1.82) is 0 Å². The fourth-order valence-electron chi connectivity index (χ4n) is 2.84. The lowest BCUT2D eigenvalue weighted by molar-refractivity contribution is -0.127. The fraction of sp³-hybridized carbons (Fsp3) is 0.562. The van der Waals surface area contributed by atoms with Crippen LogP contribution in [0.1, 0.15) is 50.7 Å². The first-order valence-electron chi connectivity index (χ1n) is 7.35. The molecule has 5 heteroatoms. The van der Waals surface area contributed by atoms with Crippen LogP contribution in [0.3, 0.4) is 0 Å². The van der Waals surface area contributed by atoms with Crippen molar-refractivity contribution in [1.82, 2.24) is 5.32 Å². The molecule has 3 N–H and O–H groups in total. The fourth-order valence-corrected chi connectivity index (χ4v) is 2.97. The Morgan fingerprint density at radius 3 is 2.48 bits per heavy atom. The molecule has 2 rings (SSSR count). The Balaban J connectivity index is 1.89. The lowest BCUT2D eigenvalue weighted by atomic mass is 9.97. The lowest BCUT2D eigenvalue weighted by Gasteiger charge is -2.25. The minimum atomic E-state index is -0.866. The van der Waals surface area contributed by atoms with Crippen LogP contribution in [-0.2, 0) is 4.79 Å². The highest BCUT2D eigenvalue weighted by Gasteiger charge is 2.34. The first-order valence-corrected chi connectivity index (χ1v) is 7.73. The predicted molar refractivity (Wildman–Crippen MR) is 82.1 cm³/mol. The largest absolute Gasteiger partial charge is 0.389 e. The van der Waals surface area contributed by atoms with Gasteiger partial charge in [-0.25, -0.2) is 0 Å². The number of nitrogens with one attached hydrogen (secondary N) is 1. The van der Waals surface area contributed by atoms with E-state index in [9.17, 15) is 15.0 Å². The number of amides is 1. The lowest BCUT2D eigenvalue weighted by Crippen LogP contribution is -2.41. The van der Waals surface area contributed by atoms with Crippen LogP contribution in [0.25, 0.3) is 0 Å². The van der Waals surface area contributed by atoms with E-state index in [2.05, 4.69) is 5.32 Å². The summed E-state index contributed by atoms with van der Waals surface area (Å²) in [5, 5.41) is 23.8. The maximum atomic E-state index is 12.0. The van der Waals surface area contributed by atoms with Crippen molar-refractivity contribution in [3.05, 3.63) is 34.9 Å². The van der Waals surface area contributed by atoms with Crippen molar-refractivity contribution in [2.75, 3.05) is 0 Å². The molecule has 1 amide bonds. The molecule has 1 aromatic carbocycles. The molecule has 1 saturated carbocycles. The highest BCUT2D eigenvalue weighted by molar-refractivity contribution is 6.30. The number of carbonyl (C=O) groups excluding carboxylic acids is 1. The minimum Gasteiger partial charge on any atom is -0.389 e. The summed E-state index contributed by atoms with van der Waals surface area (Å²) in [7, 11) is 0. The number of benzene rings is 1. The SMILES string of the molecule is CC(NC(=O)CC1(O)CCCC1)C(O)c1ccc(Cl)cc1. The number of aliphatic hydroxyl groups excluding tert-OH is 1. The van der Waals surface area contributed by atoms with Gasteiger partial charge in [0.15, 0.2) is 0 Å². The van der Waals surface area contributed by atoms with Crippen molar-refractivity contribution in [3.8, 4) is 0 Å². The third kappa shape index (κ3) is 4.43. The third-order valence-electron chi connectivity index (χ3n) is 4.10. The van der Waals surface area contributed by atoms with Crippen LogP contribution in [-0.4, -0.2) is 27.8 Å². The molecular formula is C16H22ClNO3. The molecule has 1 aliphatic carbocycles. The Hall–Kier alpha value is -1.10. The number of halogens is 1. The van der Waals surface area contributed by atoms with Crippen LogP contribution in [0.2, 0.25) is 5.02 Å². The van der Waals surface area contributed by atoms with E-state index in [0.29, 0.717) is 23.4 Å². The van der Waals surface area contributed by atoms with E-state index in [4.69, 9.17) is 11.6 Å². The first kappa shape index (κ1) is 16.3. The summed E-state index contributed by atoms with van der Waals surface area (Å²) in [6.07, 6.45) is 2.58. The molecule has 0 radical (unpaired) electrons. The molecule has 21 heavy (non-hydrogen) atoms. The van der Waals surface area contributed by atoms with Crippen LogP contribution in [0, 0.1) is 0 Å². The molecule has 0 aromatic heterocycles. The molecule has 2 atom stereocenters. The number of hydrogen-bond donors (Lipinski definition) is 3. The van der Waals surface area contributed by atoms with Crippen molar-refractivity contribution >= 4 is 17.5 Å². The number of aliphatic hydroxyl groups is 2. The van der Waals surface area contributed by atoms with Gasteiger partial charge in [-0.05, 0) is 37.5 Å². The molecule has 0 saturated heterocycles. The van der Waals surface area contributed by atoms with Crippen molar-refractivity contribution in [2.24, 2.45) is 0 Å². The minimum absolute atomic E-state index is 0.102. The van der Waals surface area contributed by atoms with Gasteiger partial charge in [-0.3, -0.25) is 4.79 Å². The summed E-state index contributed by atoms with van der Waals surface area (Å²) < 4.78 is 0. The van der Waals surface area contributed by atoms with Crippen molar-refractivity contribution in [2.45, 2.75) is 56.8 Å². The Morgan fingerprint density at radius 1 is 1.33 bits per heavy atom.